The summed E-state index contributed by atoms with van der Waals surface area (Å²) in [5.74, 6) is 0.891. The molecule has 2 aliphatic heterocycles. The quantitative estimate of drug-likeness (QED) is 0.863. The molecule has 4 heteroatoms. The highest BCUT2D eigenvalue weighted by Crippen LogP contribution is 2.22. The summed E-state index contributed by atoms with van der Waals surface area (Å²) in [6, 6.07) is 8.45. The van der Waals surface area contributed by atoms with Crippen LogP contribution in [0.4, 0.5) is 0 Å². The Bertz CT molecular complexity index is 512. The summed E-state index contributed by atoms with van der Waals surface area (Å²) in [5, 5.41) is 3.60. The molecule has 21 heavy (non-hydrogen) atoms. The topological polar surface area (TPSA) is 41.6 Å². The predicted octanol–water partition coefficient (Wildman–Crippen LogP) is 2.22. The van der Waals surface area contributed by atoms with Crippen LogP contribution in [0.15, 0.2) is 36.9 Å². The normalized spacial score (nSPS) is 24.5. The maximum atomic E-state index is 12.6. The van der Waals surface area contributed by atoms with Crippen LogP contribution in [-0.2, 0) is 0 Å². The smallest absolute Gasteiger partial charge is 0.253 e. The number of hydrogen-bond donors (Lipinski definition) is 1. The predicted molar refractivity (Wildman–Crippen MR) is 82.6 cm³/mol. The molecule has 2 atom stereocenters. The van der Waals surface area contributed by atoms with Crippen LogP contribution in [0, 0.1) is 0 Å². The van der Waals surface area contributed by atoms with Crippen molar-refractivity contribution < 1.29 is 9.53 Å². The molecule has 1 aromatic carbocycles. The monoisotopic (exact) mass is 286 g/mol. The molecule has 1 N–H and O–H groups in total. The first-order valence-corrected chi connectivity index (χ1v) is 7.65. The fourth-order valence-electron chi connectivity index (χ4n) is 3.16. The number of benzene rings is 1. The van der Waals surface area contributed by atoms with E-state index in [1.165, 1.54) is 12.8 Å². The fourth-order valence-corrected chi connectivity index (χ4v) is 3.16. The number of nitrogens with zero attached hydrogens (tertiary/aromatic N) is 1. The van der Waals surface area contributed by atoms with E-state index in [1.54, 1.807) is 6.08 Å². The zero-order valence-corrected chi connectivity index (χ0v) is 12.3. The number of ether oxygens (including phenoxy) is 1. The molecule has 2 bridgehead atoms. The molecule has 1 amide bonds. The van der Waals surface area contributed by atoms with Crippen LogP contribution in [0.5, 0.6) is 5.75 Å². The highest BCUT2D eigenvalue weighted by molar-refractivity contribution is 5.94. The second-order valence-corrected chi connectivity index (χ2v) is 5.80. The minimum atomic E-state index is 0.125. The van der Waals surface area contributed by atoms with Gasteiger partial charge < -0.3 is 15.0 Å². The maximum absolute atomic E-state index is 12.6. The van der Waals surface area contributed by atoms with E-state index in [0.717, 1.165) is 30.8 Å². The summed E-state index contributed by atoms with van der Waals surface area (Å²) in [4.78, 5) is 14.6. The first-order chi connectivity index (χ1) is 10.3. The lowest BCUT2D eigenvalue weighted by Gasteiger charge is -2.24. The highest BCUT2D eigenvalue weighted by Gasteiger charge is 2.31. The van der Waals surface area contributed by atoms with Crippen LogP contribution in [0.3, 0.4) is 0 Å². The zero-order chi connectivity index (χ0) is 14.7. The first kappa shape index (κ1) is 14.1. The molecule has 0 spiro atoms. The van der Waals surface area contributed by atoms with Gasteiger partial charge in [0.05, 0.1) is 0 Å². The second-order valence-electron chi connectivity index (χ2n) is 5.80. The summed E-state index contributed by atoms with van der Waals surface area (Å²) < 4.78 is 5.44. The number of carbonyl (C=O) groups excluding carboxylic acids is 1. The number of fused-ring (bicyclic) bond motifs is 2. The van der Waals surface area contributed by atoms with Crippen molar-refractivity contribution in [2.24, 2.45) is 0 Å². The molecule has 0 radical (unpaired) electrons. The van der Waals surface area contributed by atoms with E-state index in [1.807, 2.05) is 29.2 Å². The number of amides is 1. The lowest BCUT2D eigenvalue weighted by atomic mass is 10.1. The van der Waals surface area contributed by atoms with E-state index in [4.69, 9.17) is 4.74 Å². The molecule has 2 saturated heterocycles. The highest BCUT2D eigenvalue weighted by atomic mass is 16.5. The standard InChI is InChI=1S/C17H22N2O2/c1-2-11-21-16-7-3-13(4-8-16)17(20)19-10-9-14-5-6-15(12-19)18-14/h2-4,7-8,14-15,18H,1,5-6,9-12H2. The average Bonchev–Trinajstić information content (AvgIpc) is 2.84. The van der Waals surface area contributed by atoms with E-state index in [0.29, 0.717) is 18.7 Å². The molecule has 0 aliphatic carbocycles. The minimum Gasteiger partial charge on any atom is -0.490 e. The lowest BCUT2D eigenvalue weighted by molar-refractivity contribution is 0.0748. The SMILES string of the molecule is C=CCOc1ccc(C(=O)N2CCC3CCC(C2)N3)cc1. The van der Waals surface area contributed by atoms with Gasteiger partial charge in [0.2, 0.25) is 0 Å². The molecule has 0 saturated carbocycles. The fraction of sp³-hybridized carbons (Fsp3) is 0.471. The van der Waals surface area contributed by atoms with Gasteiger partial charge in [-0.15, -0.1) is 0 Å². The Balaban J connectivity index is 1.65. The van der Waals surface area contributed by atoms with E-state index < -0.39 is 0 Å². The van der Waals surface area contributed by atoms with Crippen LogP contribution in [0.1, 0.15) is 29.6 Å². The molecule has 2 heterocycles. The van der Waals surface area contributed by atoms with Gasteiger partial charge in [0.15, 0.2) is 0 Å². The van der Waals surface area contributed by atoms with Crippen LogP contribution in [0.2, 0.25) is 0 Å². The largest absolute Gasteiger partial charge is 0.490 e. The number of rotatable bonds is 4. The van der Waals surface area contributed by atoms with Crippen molar-refractivity contribution in [3.05, 3.63) is 42.5 Å². The molecule has 3 rings (SSSR count). The third-order valence-electron chi connectivity index (χ3n) is 4.28. The molecular weight excluding hydrogens is 264 g/mol. The third kappa shape index (κ3) is 3.27. The van der Waals surface area contributed by atoms with E-state index >= 15 is 0 Å². The first-order valence-electron chi connectivity index (χ1n) is 7.65. The summed E-state index contributed by atoms with van der Waals surface area (Å²) in [6.07, 6.45) is 5.20. The molecule has 2 fully saturated rings. The van der Waals surface area contributed by atoms with Crippen LogP contribution >= 0.6 is 0 Å². The van der Waals surface area contributed by atoms with Gasteiger partial charge in [-0.25, -0.2) is 0 Å². The van der Waals surface area contributed by atoms with Crippen molar-refractivity contribution in [3.63, 3.8) is 0 Å². The lowest BCUT2D eigenvalue weighted by Crippen LogP contribution is -2.39. The van der Waals surface area contributed by atoms with E-state index in [2.05, 4.69) is 11.9 Å². The van der Waals surface area contributed by atoms with Gasteiger partial charge in [-0.1, -0.05) is 12.7 Å². The Labute approximate surface area is 125 Å². The third-order valence-corrected chi connectivity index (χ3v) is 4.28. The van der Waals surface area contributed by atoms with Crippen LogP contribution in [-0.4, -0.2) is 42.6 Å². The zero-order valence-electron chi connectivity index (χ0n) is 12.3. The Morgan fingerprint density at radius 3 is 2.81 bits per heavy atom. The van der Waals surface area contributed by atoms with Crippen molar-refractivity contribution in [2.75, 3.05) is 19.7 Å². The molecule has 2 aliphatic rings. The molecule has 0 aromatic heterocycles. The molecular formula is C17H22N2O2. The molecule has 2 unspecified atom stereocenters. The Kier molecular flexibility index (Phi) is 4.25. The van der Waals surface area contributed by atoms with Crippen molar-refractivity contribution in [3.8, 4) is 5.75 Å². The Morgan fingerprint density at radius 1 is 1.29 bits per heavy atom. The number of nitrogens with one attached hydrogen (secondary N) is 1. The molecule has 1 aromatic rings. The Hall–Kier alpha value is -1.81. The van der Waals surface area contributed by atoms with Crippen molar-refractivity contribution in [1.29, 1.82) is 0 Å². The van der Waals surface area contributed by atoms with Gasteiger partial charge in [-0.3, -0.25) is 4.79 Å². The summed E-state index contributed by atoms with van der Waals surface area (Å²) in [5.41, 5.74) is 0.735. The van der Waals surface area contributed by atoms with Crippen LogP contribution in [0.25, 0.3) is 0 Å². The summed E-state index contributed by atoms with van der Waals surface area (Å²) in [6.45, 7) is 5.77. The number of hydrogen-bond acceptors (Lipinski definition) is 3. The van der Waals surface area contributed by atoms with Gasteiger partial charge in [-0.2, -0.15) is 0 Å². The van der Waals surface area contributed by atoms with E-state index in [-0.39, 0.29) is 5.91 Å². The minimum absolute atomic E-state index is 0.125. The van der Waals surface area contributed by atoms with Gasteiger partial charge in [0.25, 0.3) is 5.91 Å². The van der Waals surface area contributed by atoms with E-state index in [9.17, 15) is 4.79 Å². The number of likely N-dealkylation sites (tertiary alicyclic amines) is 1. The van der Waals surface area contributed by atoms with Gasteiger partial charge in [-0.05, 0) is 43.5 Å². The second kappa shape index (κ2) is 6.31. The van der Waals surface area contributed by atoms with Crippen molar-refractivity contribution >= 4 is 5.91 Å². The van der Waals surface area contributed by atoms with Gasteiger partial charge >= 0.3 is 0 Å². The number of carbonyl (C=O) groups is 1. The maximum Gasteiger partial charge on any atom is 0.253 e. The average molecular weight is 286 g/mol. The Morgan fingerprint density at radius 2 is 2.05 bits per heavy atom. The van der Waals surface area contributed by atoms with Crippen LogP contribution < -0.4 is 10.1 Å². The summed E-state index contributed by atoms with van der Waals surface area (Å²) in [7, 11) is 0. The molecule has 112 valence electrons. The van der Waals surface area contributed by atoms with Crippen molar-refractivity contribution in [1.82, 2.24) is 10.2 Å². The van der Waals surface area contributed by atoms with Gasteiger partial charge in [0, 0.05) is 30.7 Å². The van der Waals surface area contributed by atoms with Crippen molar-refractivity contribution in [2.45, 2.75) is 31.3 Å². The molecule has 4 nitrogen and oxygen atoms in total. The summed E-state index contributed by atoms with van der Waals surface area (Å²) >= 11 is 0. The van der Waals surface area contributed by atoms with Gasteiger partial charge in [0.1, 0.15) is 12.4 Å².